The number of fused-ring (bicyclic) bond motifs is 1. The average Bonchev–Trinajstić information content (AvgIpc) is 2.81. The van der Waals surface area contributed by atoms with E-state index in [0.29, 0.717) is 11.4 Å². The molecule has 1 heterocycles. The van der Waals surface area contributed by atoms with Crippen LogP contribution >= 0.6 is 0 Å². The Kier molecular flexibility index (Phi) is 3.83. The van der Waals surface area contributed by atoms with Gasteiger partial charge in [0.05, 0.1) is 17.1 Å². The number of carboxylic acid groups (broad SMARTS) is 1. The molecule has 5 nitrogen and oxygen atoms in total. The Labute approximate surface area is 112 Å². The van der Waals surface area contributed by atoms with Crippen LogP contribution in [0.4, 0.5) is 0 Å². The number of nitrogens with zero attached hydrogens (tertiary/aromatic N) is 3. The van der Waals surface area contributed by atoms with Crippen molar-refractivity contribution in [2.45, 2.75) is 39.7 Å². The second-order valence-corrected chi connectivity index (χ2v) is 5.14. The molecule has 0 aliphatic rings. The quantitative estimate of drug-likeness (QED) is 0.897. The molecule has 0 aliphatic carbocycles. The molecule has 2 unspecified atom stereocenters. The molecule has 0 bridgehead atoms. The van der Waals surface area contributed by atoms with Gasteiger partial charge in [-0.1, -0.05) is 25.5 Å². The number of hydrogen-bond donors (Lipinski definition) is 1. The van der Waals surface area contributed by atoms with Crippen molar-refractivity contribution >= 4 is 17.0 Å². The molecule has 0 aliphatic heterocycles. The first kappa shape index (κ1) is 13.5. The molecule has 0 saturated heterocycles. The van der Waals surface area contributed by atoms with E-state index in [-0.39, 0.29) is 11.6 Å². The monoisotopic (exact) mass is 261 g/mol. The van der Waals surface area contributed by atoms with Crippen molar-refractivity contribution < 1.29 is 9.90 Å². The molecule has 0 spiro atoms. The molecule has 1 aromatic carbocycles. The summed E-state index contributed by atoms with van der Waals surface area (Å²) in [4.78, 5) is 10.9. The number of benzene rings is 1. The van der Waals surface area contributed by atoms with Crippen LogP contribution in [0, 0.1) is 5.92 Å². The van der Waals surface area contributed by atoms with Gasteiger partial charge in [-0.2, -0.15) is 0 Å². The Hall–Kier alpha value is -1.91. The molecule has 1 aromatic heterocycles. The zero-order chi connectivity index (χ0) is 14.0. The first-order chi connectivity index (χ1) is 9.02. The van der Waals surface area contributed by atoms with E-state index < -0.39 is 5.97 Å². The van der Waals surface area contributed by atoms with Crippen LogP contribution in [0.5, 0.6) is 0 Å². The molecule has 102 valence electrons. The minimum absolute atomic E-state index is 0.245. The predicted octanol–water partition coefficient (Wildman–Crippen LogP) is 3.13. The molecular weight excluding hydrogens is 242 g/mol. The standard InChI is InChI=1S/C14H19N3O2/c1-4-9(2)7-10(3)17-13-6-5-11(14(18)19)8-12(13)15-16-17/h5-6,8-10H,4,7H2,1-3H3,(H,18,19). The maximum atomic E-state index is 10.9. The minimum Gasteiger partial charge on any atom is -0.478 e. The number of aromatic nitrogens is 3. The van der Waals surface area contributed by atoms with Gasteiger partial charge in [-0.15, -0.1) is 5.10 Å². The lowest BCUT2D eigenvalue weighted by molar-refractivity contribution is 0.0697. The Balaban J connectivity index is 2.32. The second-order valence-electron chi connectivity index (χ2n) is 5.14. The van der Waals surface area contributed by atoms with Gasteiger partial charge in [-0.05, 0) is 37.5 Å². The summed E-state index contributed by atoms with van der Waals surface area (Å²) < 4.78 is 1.88. The van der Waals surface area contributed by atoms with Crippen molar-refractivity contribution in [3.8, 4) is 0 Å². The second kappa shape index (κ2) is 5.38. The van der Waals surface area contributed by atoms with Crippen LogP contribution in [0.3, 0.4) is 0 Å². The fourth-order valence-corrected chi connectivity index (χ4v) is 2.25. The summed E-state index contributed by atoms with van der Waals surface area (Å²) in [5.41, 5.74) is 1.77. The van der Waals surface area contributed by atoms with Crippen molar-refractivity contribution in [1.82, 2.24) is 15.0 Å². The van der Waals surface area contributed by atoms with Crippen LogP contribution in [0.2, 0.25) is 0 Å². The van der Waals surface area contributed by atoms with Gasteiger partial charge in [-0.3, -0.25) is 0 Å². The molecule has 0 saturated carbocycles. The van der Waals surface area contributed by atoms with E-state index >= 15 is 0 Å². The van der Waals surface area contributed by atoms with Crippen molar-refractivity contribution in [2.75, 3.05) is 0 Å². The average molecular weight is 261 g/mol. The molecule has 2 atom stereocenters. The summed E-state index contributed by atoms with van der Waals surface area (Å²) in [7, 11) is 0. The fraction of sp³-hybridized carbons (Fsp3) is 0.500. The topological polar surface area (TPSA) is 68.0 Å². The normalized spacial score (nSPS) is 14.5. The van der Waals surface area contributed by atoms with E-state index in [0.717, 1.165) is 18.4 Å². The third kappa shape index (κ3) is 2.75. The first-order valence-corrected chi connectivity index (χ1v) is 6.61. The van der Waals surface area contributed by atoms with Gasteiger partial charge in [0, 0.05) is 0 Å². The molecular formula is C14H19N3O2. The van der Waals surface area contributed by atoms with Crippen LogP contribution in [0.1, 0.15) is 50.0 Å². The smallest absolute Gasteiger partial charge is 0.335 e. The zero-order valence-corrected chi connectivity index (χ0v) is 11.5. The molecule has 2 aromatic rings. The summed E-state index contributed by atoms with van der Waals surface area (Å²) >= 11 is 0. The highest BCUT2D eigenvalue weighted by Gasteiger charge is 2.15. The van der Waals surface area contributed by atoms with E-state index in [1.165, 1.54) is 0 Å². The molecule has 1 N–H and O–H groups in total. The molecule has 0 radical (unpaired) electrons. The number of carboxylic acids is 1. The highest BCUT2D eigenvalue weighted by Crippen LogP contribution is 2.23. The van der Waals surface area contributed by atoms with Gasteiger partial charge in [0.25, 0.3) is 0 Å². The lowest BCUT2D eigenvalue weighted by Gasteiger charge is -2.16. The highest BCUT2D eigenvalue weighted by molar-refractivity contribution is 5.92. The number of aromatic carboxylic acids is 1. The number of hydrogen-bond acceptors (Lipinski definition) is 3. The third-order valence-corrected chi connectivity index (χ3v) is 3.58. The van der Waals surface area contributed by atoms with Crippen LogP contribution in [0.15, 0.2) is 18.2 Å². The molecule has 2 rings (SSSR count). The van der Waals surface area contributed by atoms with E-state index in [2.05, 4.69) is 31.1 Å². The number of carbonyl (C=O) groups is 1. The summed E-state index contributed by atoms with van der Waals surface area (Å²) in [5.74, 6) is -0.309. The third-order valence-electron chi connectivity index (χ3n) is 3.58. The SMILES string of the molecule is CCC(C)CC(C)n1nnc2cc(C(=O)O)ccc21. The van der Waals surface area contributed by atoms with Crippen LogP contribution < -0.4 is 0 Å². The van der Waals surface area contributed by atoms with Gasteiger partial charge >= 0.3 is 5.97 Å². The van der Waals surface area contributed by atoms with Gasteiger partial charge in [0.2, 0.25) is 0 Å². The zero-order valence-electron chi connectivity index (χ0n) is 11.5. The Morgan fingerprint density at radius 1 is 1.42 bits per heavy atom. The lowest BCUT2D eigenvalue weighted by Crippen LogP contribution is -2.10. The van der Waals surface area contributed by atoms with Crippen LogP contribution in [-0.2, 0) is 0 Å². The summed E-state index contributed by atoms with van der Waals surface area (Å²) in [6.45, 7) is 6.51. The fourth-order valence-electron chi connectivity index (χ4n) is 2.25. The Morgan fingerprint density at radius 3 is 2.79 bits per heavy atom. The van der Waals surface area contributed by atoms with Gasteiger partial charge < -0.3 is 5.11 Å². The van der Waals surface area contributed by atoms with E-state index in [1.54, 1.807) is 18.2 Å². The van der Waals surface area contributed by atoms with E-state index in [4.69, 9.17) is 5.11 Å². The van der Waals surface area contributed by atoms with Crippen molar-refractivity contribution in [3.63, 3.8) is 0 Å². The highest BCUT2D eigenvalue weighted by atomic mass is 16.4. The minimum atomic E-state index is -0.941. The van der Waals surface area contributed by atoms with Crippen molar-refractivity contribution in [3.05, 3.63) is 23.8 Å². The summed E-state index contributed by atoms with van der Waals surface area (Å²) in [5, 5.41) is 17.2. The predicted molar refractivity (Wildman–Crippen MR) is 73.3 cm³/mol. The van der Waals surface area contributed by atoms with Gasteiger partial charge in [-0.25, -0.2) is 9.48 Å². The largest absolute Gasteiger partial charge is 0.478 e. The van der Waals surface area contributed by atoms with Crippen LogP contribution in [-0.4, -0.2) is 26.1 Å². The molecule has 0 fully saturated rings. The van der Waals surface area contributed by atoms with E-state index in [1.807, 2.05) is 4.68 Å². The van der Waals surface area contributed by atoms with Crippen molar-refractivity contribution in [1.29, 1.82) is 0 Å². The maximum Gasteiger partial charge on any atom is 0.335 e. The lowest BCUT2D eigenvalue weighted by atomic mass is 10.0. The van der Waals surface area contributed by atoms with Gasteiger partial charge in [0.1, 0.15) is 5.52 Å². The summed E-state index contributed by atoms with van der Waals surface area (Å²) in [6, 6.07) is 5.21. The number of rotatable bonds is 5. The maximum absolute atomic E-state index is 10.9. The molecule has 5 heteroatoms. The molecule has 19 heavy (non-hydrogen) atoms. The van der Waals surface area contributed by atoms with Crippen molar-refractivity contribution in [2.24, 2.45) is 5.92 Å². The van der Waals surface area contributed by atoms with Gasteiger partial charge in [0.15, 0.2) is 0 Å². The Bertz CT molecular complexity index is 591. The molecule has 0 amide bonds. The van der Waals surface area contributed by atoms with E-state index in [9.17, 15) is 4.79 Å². The Morgan fingerprint density at radius 2 is 2.16 bits per heavy atom. The van der Waals surface area contributed by atoms with Crippen LogP contribution in [0.25, 0.3) is 11.0 Å². The summed E-state index contributed by atoms with van der Waals surface area (Å²) in [6.07, 6.45) is 2.18. The first-order valence-electron chi connectivity index (χ1n) is 6.61.